The molecule has 0 aliphatic carbocycles. The molecule has 0 unspecified atom stereocenters. The highest BCUT2D eigenvalue weighted by Crippen LogP contribution is 2.32. The fraction of sp³-hybridized carbons (Fsp3) is 0.364. The van der Waals surface area contributed by atoms with Crippen LogP contribution < -0.4 is 25.8 Å². The Morgan fingerprint density at radius 1 is 1.29 bits per heavy atom. The first-order valence-electron chi connectivity index (χ1n) is 5.38. The normalized spacial score (nSPS) is 12.5. The fourth-order valence-corrected chi connectivity index (χ4v) is 1.56. The van der Waals surface area contributed by atoms with Gasteiger partial charge in [0, 0.05) is 19.6 Å². The van der Waals surface area contributed by atoms with Crippen LogP contribution in [0.3, 0.4) is 0 Å². The Hall–Kier alpha value is -1.95. The van der Waals surface area contributed by atoms with Gasteiger partial charge in [-0.25, -0.2) is 4.79 Å². The summed E-state index contributed by atoms with van der Waals surface area (Å²) in [5.41, 5.74) is 6.04. The summed E-state index contributed by atoms with van der Waals surface area (Å²) >= 11 is 0. The molecule has 2 amide bonds. The second-order valence-corrected chi connectivity index (χ2v) is 3.66. The SMILES string of the molecule is NC(=O)NCCNCc1ccc2c(c1)OCO2. The second kappa shape index (κ2) is 5.40. The highest BCUT2D eigenvalue weighted by Gasteiger charge is 2.12. The van der Waals surface area contributed by atoms with Crippen molar-refractivity contribution >= 4 is 6.03 Å². The molecule has 0 bridgehead atoms. The summed E-state index contributed by atoms with van der Waals surface area (Å²) in [5.74, 6) is 1.56. The third-order valence-electron chi connectivity index (χ3n) is 2.37. The van der Waals surface area contributed by atoms with Gasteiger partial charge in [0.25, 0.3) is 0 Å². The Bertz CT molecular complexity index is 409. The molecule has 4 N–H and O–H groups in total. The summed E-state index contributed by atoms with van der Waals surface area (Å²) in [6.07, 6.45) is 0. The van der Waals surface area contributed by atoms with E-state index in [9.17, 15) is 4.79 Å². The molecule has 1 aliphatic rings. The zero-order chi connectivity index (χ0) is 12.1. The molecular formula is C11H15N3O3. The highest BCUT2D eigenvalue weighted by molar-refractivity contribution is 5.71. The van der Waals surface area contributed by atoms with E-state index in [4.69, 9.17) is 15.2 Å². The number of carbonyl (C=O) groups is 1. The molecule has 0 saturated carbocycles. The van der Waals surface area contributed by atoms with Crippen molar-refractivity contribution in [2.75, 3.05) is 19.9 Å². The number of benzene rings is 1. The van der Waals surface area contributed by atoms with Crippen molar-refractivity contribution in [2.24, 2.45) is 5.73 Å². The zero-order valence-corrected chi connectivity index (χ0v) is 9.36. The number of nitrogens with two attached hydrogens (primary N) is 1. The number of ether oxygens (including phenoxy) is 2. The molecule has 17 heavy (non-hydrogen) atoms. The zero-order valence-electron chi connectivity index (χ0n) is 9.36. The van der Waals surface area contributed by atoms with Crippen LogP contribution in [0.5, 0.6) is 11.5 Å². The molecule has 1 aromatic rings. The van der Waals surface area contributed by atoms with Gasteiger partial charge in [-0.2, -0.15) is 0 Å². The van der Waals surface area contributed by atoms with E-state index in [2.05, 4.69) is 10.6 Å². The van der Waals surface area contributed by atoms with Gasteiger partial charge in [-0.1, -0.05) is 6.07 Å². The summed E-state index contributed by atoms with van der Waals surface area (Å²) in [5, 5.41) is 5.69. The molecular weight excluding hydrogens is 222 g/mol. The number of rotatable bonds is 5. The van der Waals surface area contributed by atoms with Crippen LogP contribution in [0.15, 0.2) is 18.2 Å². The molecule has 6 heteroatoms. The summed E-state index contributed by atoms with van der Waals surface area (Å²) in [6.45, 7) is 2.17. The van der Waals surface area contributed by atoms with Gasteiger partial charge >= 0.3 is 6.03 Å². The smallest absolute Gasteiger partial charge is 0.312 e. The molecule has 2 rings (SSSR count). The first kappa shape index (κ1) is 11.5. The van der Waals surface area contributed by atoms with Crippen molar-refractivity contribution in [3.8, 4) is 11.5 Å². The predicted molar refractivity (Wildman–Crippen MR) is 61.9 cm³/mol. The van der Waals surface area contributed by atoms with Gasteiger partial charge in [0.05, 0.1) is 0 Å². The predicted octanol–water partition coefficient (Wildman–Crippen LogP) is 0.173. The Balaban J connectivity index is 1.74. The number of primary amides is 1. The van der Waals surface area contributed by atoms with Gasteiger partial charge in [0.2, 0.25) is 6.79 Å². The van der Waals surface area contributed by atoms with E-state index >= 15 is 0 Å². The maximum absolute atomic E-state index is 10.4. The Morgan fingerprint density at radius 3 is 2.94 bits per heavy atom. The minimum absolute atomic E-state index is 0.286. The molecule has 1 aromatic carbocycles. The van der Waals surface area contributed by atoms with Crippen molar-refractivity contribution in [1.29, 1.82) is 0 Å². The highest BCUT2D eigenvalue weighted by atomic mass is 16.7. The van der Waals surface area contributed by atoms with Gasteiger partial charge < -0.3 is 25.8 Å². The molecule has 0 radical (unpaired) electrons. The second-order valence-electron chi connectivity index (χ2n) is 3.66. The van der Waals surface area contributed by atoms with Crippen LogP contribution in [0.1, 0.15) is 5.56 Å². The molecule has 1 aliphatic heterocycles. The first-order valence-corrected chi connectivity index (χ1v) is 5.38. The van der Waals surface area contributed by atoms with Crippen LogP contribution in [-0.4, -0.2) is 25.9 Å². The molecule has 0 fully saturated rings. The van der Waals surface area contributed by atoms with Crippen molar-refractivity contribution in [3.63, 3.8) is 0 Å². The van der Waals surface area contributed by atoms with E-state index in [1.807, 2.05) is 18.2 Å². The van der Waals surface area contributed by atoms with Crippen molar-refractivity contribution < 1.29 is 14.3 Å². The van der Waals surface area contributed by atoms with Gasteiger partial charge in [-0.3, -0.25) is 0 Å². The Labute approximate surface area is 99.1 Å². The summed E-state index contributed by atoms with van der Waals surface area (Å²) < 4.78 is 10.5. The monoisotopic (exact) mass is 237 g/mol. The van der Waals surface area contributed by atoms with Crippen LogP contribution in [0.2, 0.25) is 0 Å². The van der Waals surface area contributed by atoms with E-state index in [1.165, 1.54) is 0 Å². The minimum atomic E-state index is -0.505. The third kappa shape index (κ3) is 3.25. The molecule has 0 saturated heterocycles. The summed E-state index contributed by atoms with van der Waals surface area (Å²) in [7, 11) is 0. The minimum Gasteiger partial charge on any atom is -0.454 e. The third-order valence-corrected chi connectivity index (χ3v) is 2.37. The topological polar surface area (TPSA) is 85.6 Å². The average molecular weight is 237 g/mol. The maximum atomic E-state index is 10.4. The van der Waals surface area contributed by atoms with Crippen LogP contribution in [-0.2, 0) is 6.54 Å². The summed E-state index contributed by atoms with van der Waals surface area (Å²) in [6, 6.07) is 5.30. The van der Waals surface area contributed by atoms with E-state index < -0.39 is 6.03 Å². The molecule has 0 aromatic heterocycles. The van der Waals surface area contributed by atoms with Crippen LogP contribution in [0.25, 0.3) is 0 Å². The van der Waals surface area contributed by atoms with Crippen molar-refractivity contribution in [2.45, 2.75) is 6.54 Å². The maximum Gasteiger partial charge on any atom is 0.312 e. The van der Waals surface area contributed by atoms with Crippen LogP contribution >= 0.6 is 0 Å². The standard InChI is InChI=1S/C11H15N3O3/c12-11(15)14-4-3-13-6-8-1-2-9-10(5-8)17-7-16-9/h1-2,5,13H,3-4,6-7H2,(H3,12,14,15). The van der Waals surface area contributed by atoms with E-state index in [0.717, 1.165) is 17.1 Å². The van der Waals surface area contributed by atoms with Gasteiger partial charge in [0.15, 0.2) is 11.5 Å². The number of hydrogen-bond donors (Lipinski definition) is 3. The van der Waals surface area contributed by atoms with Crippen LogP contribution in [0, 0.1) is 0 Å². The van der Waals surface area contributed by atoms with Gasteiger partial charge in [0.1, 0.15) is 0 Å². The van der Waals surface area contributed by atoms with Gasteiger partial charge in [-0.05, 0) is 17.7 Å². The van der Waals surface area contributed by atoms with Crippen molar-refractivity contribution in [3.05, 3.63) is 23.8 Å². The number of nitrogens with one attached hydrogen (secondary N) is 2. The lowest BCUT2D eigenvalue weighted by atomic mass is 10.2. The Morgan fingerprint density at radius 2 is 2.12 bits per heavy atom. The molecule has 0 spiro atoms. The van der Waals surface area contributed by atoms with E-state index in [1.54, 1.807) is 0 Å². The number of amides is 2. The van der Waals surface area contributed by atoms with Crippen LogP contribution in [0.4, 0.5) is 4.79 Å². The molecule has 6 nitrogen and oxygen atoms in total. The lowest BCUT2D eigenvalue weighted by molar-refractivity contribution is 0.174. The van der Waals surface area contributed by atoms with E-state index in [0.29, 0.717) is 19.6 Å². The quantitative estimate of drug-likeness (QED) is 0.637. The number of fused-ring (bicyclic) bond motifs is 1. The lowest BCUT2D eigenvalue weighted by Gasteiger charge is -2.06. The molecule has 0 atom stereocenters. The average Bonchev–Trinajstić information content (AvgIpc) is 2.75. The van der Waals surface area contributed by atoms with E-state index in [-0.39, 0.29) is 6.79 Å². The number of carbonyl (C=O) groups excluding carboxylic acids is 1. The number of hydrogen-bond acceptors (Lipinski definition) is 4. The first-order chi connectivity index (χ1) is 8.25. The summed E-state index contributed by atoms with van der Waals surface area (Å²) in [4.78, 5) is 10.4. The largest absolute Gasteiger partial charge is 0.454 e. The van der Waals surface area contributed by atoms with Gasteiger partial charge in [-0.15, -0.1) is 0 Å². The number of urea groups is 1. The van der Waals surface area contributed by atoms with Crippen molar-refractivity contribution in [1.82, 2.24) is 10.6 Å². The Kier molecular flexibility index (Phi) is 3.66. The fourth-order valence-electron chi connectivity index (χ4n) is 1.56. The molecule has 92 valence electrons. The lowest BCUT2D eigenvalue weighted by Crippen LogP contribution is -2.35. The molecule has 1 heterocycles.